The molecule has 0 spiro atoms. The van der Waals surface area contributed by atoms with Gasteiger partial charge in [-0.05, 0) is 23.4 Å². The zero-order valence-corrected chi connectivity index (χ0v) is 16.0. The van der Waals surface area contributed by atoms with Crippen LogP contribution in [0, 0.1) is 0 Å². The molecule has 24 heavy (non-hydrogen) atoms. The molecule has 0 saturated heterocycles. The zero-order valence-electron chi connectivity index (χ0n) is 13.6. The van der Waals surface area contributed by atoms with Crippen LogP contribution >= 0.6 is 27.7 Å². The second-order valence-corrected chi connectivity index (χ2v) is 7.56. The maximum Gasteiger partial charge on any atom is 0.332 e. The van der Waals surface area contributed by atoms with Gasteiger partial charge in [0, 0.05) is 18.6 Å². The molecule has 0 saturated carbocycles. The number of thioether (sulfide) groups is 1. The third-order valence-electron chi connectivity index (χ3n) is 3.84. The molecule has 0 unspecified atom stereocenters. The van der Waals surface area contributed by atoms with E-state index in [2.05, 4.69) is 20.9 Å². The first-order chi connectivity index (χ1) is 11.4. The van der Waals surface area contributed by atoms with Crippen LogP contribution in [0.25, 0.3) is 11.2 Å². The molecule has 2 aromatic heterocycles. The predicted octanol–water partition coefficient (Wildman–Crippen LogP) is 2.36. The van der Waals surface area contributed by atoms with Crippen molar-refractivity contribution in [2.24, 2.45) is 14.1 Å². The van der Waals surface area contributed by atoms with Crippen LogP contribution in [-0.2, 0) is 20.6 Å². The molecule has 3 aromatic rings. The Labute approximate surface area is 151 Å². The SMILES string of the molecule is CCSc1nc2c(c(=O)n(C)c(=O)n2C)n1Cc1ccc(Br)cc1. The van der Waals surface area contributed by atoms with Gasteiger partial charge in [-0.15, -0.1) is 0 Å². The highest BCUT2D eigenvalue weighted by Crippen LogP contribution is 2.23. The molecule has 0 bridgehead atoms. The van der Waals surface area contributed by atoms with Crippen molar-refractivity contribution in [3.8, 4) is 0 Å². The highest BCUT2D eigenvalue weighted by molar-refractivity contribution is 9.10. The summed E-state index contributed by atoms with van der Waals surface area (Å²) in [4.78, 5) is 29.3. The van der Waals surface area contributed by atoms with Crippen molar-refractivity contribution < 1.29 is 0 Å². The molecule has 0 radical (unpaired) electrons. The van der Waals surface area contributed by atoms with Gasteiger partial charge in [0.05, 0.1) is 6.54 Å². The third kappa shape index (κ3) is 2.84. The van der Waals surface area contributed by atoms with Gasteiger partial charge in [0.25, 0.3) is 5.56 Å². The highest BCUT2D eigenvalue weighted by Gasteiger charge is 2.19. The van der Waals surface area contributed by atoms with Crippen molar-refractivity contribution >= 4 is 38.9 Å². The molecule has 2 heterocycles. The van der Waals surface area contributed by atoms with E-state index in [1.165, 1.54) is 11.6 Å². The summed E-state index contributed by atoms with van der Waals surface area (Å²) in [6.07, 6.45) is 0. The van der Waals surface area contributed by atoms with E-state index in [-0.39, 0.29) is 11.2 Å². The van der Waals surface area contributed by atoms with Gasteiger partial charge in [-0.3, -0.25) is 13.9 Å². The Bertz CT molecular complexity index is 1020. The number of aromatic nitrogens is 4. The lowest BCUT2D eigenvalue weighted by atomic mass is 10.2. The minimum Gasteiger partial charge on any atom is -0.309 e. The summed E-state index contributed by atoms with van der Waals surface area (Å²) in [5.41, 5.74) is 1.26. The van der Waals surface area contributed by atoms with Crippen molar-refractivity contribution in [1.29, 1.82) is 0 Å². The van der Waals surface area contributed by atoms with E-state index in [0.29, 0.717) is 17.7 Å². The Balaban J connectivity index is 2.28. The van der Waals surface area contributed by atoms with E-state index in [0.717, 1.165) is 25.5 Å². The van der Waals surface area contributed by atoms with Crippen LogP contribution in [0.5, 0.6) is 0 Å². The minimum atomic E-state index is -0.367. The van der Waals surface area contributed by atoms with E-state index in [4.69, 9.17) is 0 Å². The summed E-state index contributed by atoms with van der Waals surface area (Å²) in [5, 5.41) is 0.744. The Hall–Kier alpha value is -1.80. The molecule has 0 fully saturated rings. The Morgan fingerprint density at radius 1 is 1.12 bits per heavy atom. The van der Waals surface area contributed by atoms with Crippen LogP contribution < -0.4 is 11.2 Å². The summed E-state index contributed by atoms with van der Waals surface area (Å²) < 4.78 is 5.45. The van der Waals surface area contributed by atoms with Crippen molar-refractivity contribution in [1.82, 2.24) is 18.7 Å². The fourth-order valence-corrected chi connectivity index (χ4v) is 3.57. The average molecular weight is 409 g/mol. The molecule has 0 aliphatic carbocycles. The standard InChI is InChI=1S/C16H17BrN4O2S/c1-4-24-15-18-13-12(14(22)20(3)16(23)19(13)2)21(15)9-10-5-7-11(17)8-6-10/h5-8H,4,9H2,1-3H3. The van der Waals surface area contributed by atoms with E-state index in [1.54, 1.807) is 18.8 Å². The predicted molar refractivity (Wildman–Crippen MR) is 99.9 cm³/mol. The lowest BCUT2D eigenvalue weighted by Gasteiger charge is -2.09. The van der Waals surface area contributed by atoms with Gasteiger partial charge in [-0.2, -0.15) is 0 Å². The first-order valence-electron chi connectivity index (χ1n) is 7.47. The van der Waals surface area contributed by atoms with Crippen LogP contribution in [0.1, 0.15) is 12.5 Å². The first kappa shape index (κ1) is 17.0. The summed E-state index contributed by atoms with van der Waals surface area (Å²) in [6, 6.07) is 7.94. The molecule has 126 valence electrons. The number of hydrogen-bond acceptors (Lipinski definition) is 4. The van der Waals surface area contributed by atoms with Gasteiger partial charge in [-0.1, -0.05) is 46.7 Å². The largest absolute Gasteiger partial charge is 0.332 e. The zero-order chi connectivity index (χ0) is 17.4. The molecule has 0 atom stereocenters. The number of fused-ring (bicyclic) bond motifs is 1. The minimum absolute atomic E-state index is 0.319. The number of nitrogens with zero attached hydrogens (tertiary/aromatic N) is 4. The molecular weight excluding hydrogens is 392 g/mol. The molecule has 0 N–H and O–H groups in total. The molecular formula is C16H17BrN4O2S. The second-order valence-electron chi connectivity index (χ2n) is 5.42. The lowest BCUT2D eigenvalue weighted by molar-refractivity contribution is 0.696. The van der Waals surface area contributed by atoms with Crippen LogP contribution in [0.15, 0.2) is 43.5 Å². The molecule has 1 aromatic carbocycles. The number of benzene rings is 1. The van der Waals surface area contributed by atoms with Gasteiger partial charge >= 0.3 is 5.69 Å². The van der Waals surface area contributed by atoms with E-state index in [1.807, 2.05) is 35.8 Å². The van der Waals surface area contributed by atoms with E-state index in [9.17, 15) is 9.59 Å². The molecule has 8 heteroatoms. The highest BCUT2D eigenvalue weighted by atomic mass is 79.9. The fraction of sp³-hybridized carbons (Fsp3) is 0.312. The van der Waals surface area contributed by atoms with E-state index >= 15 is 0 Å². The van der Waals surface area contributed by atoms with Crippen LogP contribution in [-0.4, -0.2) is 24.4 Å². The van der Waals surface area contributed by atoms with Gasteiger partial charge in [0.1, 0.15) is 0 Å². The number of hydrogen-bond donors (Lipinski definition) is 0. The summed E-state index contributed by atoms with van der Waals surface area (Å²) >= 11 is 4.98. The maximum absolute atomic E-state index is 12.7. The second kappa shape index (κ2) is 6.60. The molecule has 3 rings (SSSR count). The summed E-state index contributed by atoms with van der Waals surface area (Å²) in [6.45, 7) is 2.56. The van der Waals surface area contributed by atoms with Gasteiger partial charge in [0.2, 0.25) is 0 Å². The fourth-order valence-electron chi connectivity index (χ4n) is 2.58. The summed E-state index contributed by atoms with van der Waals surface area (Å²) in [7, 11) is 3.13. The Morgan fingerprint density at radius 3 is 2.42 bits per heavy atom. The number of imidazole rings is 1. The smallest absolute Gasteiger partial charge is 0.309 e. The quantitative estimate of drug-likeness (QED) is 0.621. The van der Waals surface area contributed by atoms with Gasteiger partial charge < -0.3 is 4.57 Å². The summed E-state index contributed by atoms with van der Waals surface area (Å²) in [5.74, 6) is 0.831. The maximum atomic E-state index is 12.7. The van der Waals surface area contributed by atoms with Crippen LogP contribution in [0.4, 0.5) is 0 Å². The molecule has 6 nitrogen and oxygen atoms in total. The van der Waals surface area contributed by atoms with Crippen LogP contribution in [0.3, 0.4) is 0 Å². The number of halogens is 1. The molecule has 0 amide bonds. The van der Waals surface area contributed by atoms with E-state index < -0.39 is 0 Å². The first-order valence-corrected chi connectivity index (χ1v) is 9.25. The van der Waals surface area contributed by atoms with Crippen molar-refractivity contribution in [3.05, 3.63) is 55.1 Å². The van der Waals surface area contributed by atoms with Crippen molar-refractivity contribution in [3.63, 3.8) is 0 Å². The normalized spacial score (nSPS) is 11.3. The number of aryl methyl sites for hydroxylation is 1. The Kier molecular flexibility index (Phi) is 4.69. The average Bonchev–Trinajstić information content (AvgIpc) is 2.92. The van der Waals surface area contributed by atoms with Gasteiger partial charge in [-0.25, -0.2) is 9.78 Å². The number of rotatable bonds is 4. The topological polar surface area (TPSA) is 61.8 Å². The van der Waals surface area contributed by atoms with Gasteiger partial charge in [0.15, 0.2) is 16.3 Å². The monoisotopic (exact) mass is 408 g/mol. The van der Waals surface area contributed by atoms with Crippen molar-refractivity contribution in [2.45, 2.75) is 18.6 Å². The van der Waals surface area contributed by atoms with Crippen molar-refractivity contribution in [2.75, 3.05) is 5.75 Å². The van der Waals surface area contributed by atoms with Crippen LogP contribution in [0.2, 0.25) is 0 Å². The molecule has 0 aliphatic heterocycles. The lowest BCUT2D eigenvalue weighted by Crippen LogP contribution is -2.37. The molecule has 0 aliphatic rings. The third-order valence-corrected chi connectivity index (χ3v) is 5.23. The Morgan fingerprint density at radius 2 is 1.79 bits per heavy atom.